The van der Waals surface area contributed by atoms with E-state index >= 15 is 0 Å². The molecule has 1 amide bonds. The van der Waals surface area contributed by atoms with Gasteiger partial charge in [-0.3, -0.25) is 14.7 Å². The van der Waals surface area contributed by atoms with E-state index < -0.39 is 6.04 Å². The van der Waals surface area contributed by atoms with Crippen molar-refractivity contribution in [3.05, 3.63) is 99.6 Å². The third kappa shape index (κ3) is 4.65. The molecule has 0 bridgehead atoms. The SMILES string of the molecule is Cn1c(-c2ccc(Cl)cc2Cl)cnc1C(Cc1ccccn1)N(C=O)c1cc2cc(Cl)ccc2o1. The molecule has 0 N–H and O–H groups in total. The minimum Gasteiger partial charge on any atom is -0.440 e. The Balaban J connectivity index is 1.61. The summed E-state index contributed by atoms with van der Waals surface area (Å²) < 4.78 is 7.94. The summed E-state index contributed by atoms with van der Waals surface area (Å²) in [5, 5.41) is 2.44. The van der Waals surface area contributed by atoms with Gasteiger partial charge in [0, 0.05) is 52.4 Å². The number of benzene rings is 2. The lowest BCUT2D eigenvalue weighted by atomic mass is 10.1. The highest BCUT2D eigenvalue weighted by molar-refractivity contribution is 6.36. The Morgan fingerprint density at radius 3 is 2.57 bits per heavy atom. The van der Waals surface area contributed by atoms with E-state index in [0.717, 1.165) is 28.7 Å². The molecule has 0 fully saturated rings. The largest absolute Gasteiger partial charge is 0.440 e. The number of fused-ring (bicyclic) bond motifs is 1. The molecular weight excluding hydrogens is 507 g/mol. The molecule has 0 saturated heterocycles. The smallest absolute Gasteiger partial charge is 0.217 e. The molecule has 35 heavy (non-hydrogen) atoms. The zero-order valence-corrected chi connectivity index (χ0v) is 20.8. The third-order valence-electron chi connectivity index (χ3n) is 5.83. The second-order valence-corrected chi connectivity index (χ2v) is 9.29. The first-order chi connectivity index (χ1) is 16.9. The van der Waals surface area contributed by atoms with Crippen LogP contribution in [-0.4, -0.2) is 20.9 Å². The predicted molar refractivity (Wildman–Crippen MR) is 139 cm³/mol. The summed E-state index contributed by atoms with van der Waals surface area (Å²) in [6.07, 6.45) is 4.61. The molecule has 6 nitrogen and oxygen atoms in total. The van der Waals surface area contributed by atoms with Gasteiger partial charge in [-0.05, 0) is 48.5 Å². The quantitative estimate of drug-likeness (QED) is 0.212. The lowest BCUT2D eigenvalue weighted by Crippen LogP contribution is -2.31. The van der Waals surface area contributed by atoms with Gasteiger partial charge >= 0.3 is 0 Å². The number of imidazole rings is 1. The molecule has 176 valence electrons. The summed E-state index contributed by atoms with van der Waals surface area (Å²) in [5.74, 6) is 1.02. The Bertz CT molecular complexity index is 1510. The highest BCUT2D eigenvalue weighted by atomic mass is 35.5. The summed E-state index contributed by atoms with van der Waals surface area (Å²) in [6.45, 7) is 0. The van der Waals surface area contributed by atoms with E-state index in [1.807, 2.05) is 35.9 Å². The number of halogens is 3. The van der Waals surface area contributed by atoms with Gasteiger partial charge in [0.2, 0.25) is 12.3 Å². The lowest BCUT2D eigenvalue weighted by molar-refractivity contribution is -0.108. The summed E-state index contributed by atoms with van der Waals surface area (Å²) in [5.41, 5.74) is 3.00. The van der Waals surface area contributed by atoms with Crippen LogP contribution in [0.2, 0.25) is 15.1 Å². The fourth-order valence-electron chi connectivity index (χ4n) is 4.12. The van der Waals surface area contributed by atoms with Gasteiger partial charge in [-0.2, -0.15) is 0 Å². The fourth-order valence-corrected chi connectivity index (χ4v) is 4.80. The number of hydrogen-bond donors (Lipinski definition) is 0. The van der Waals surface area contributed by atoms with E-state index in [1.54, 1.807) is 48.8 Å². The highest BCUT2D eigenvalue weighted by Gasteiger charge is 2.29. The van der Waals surface area contributed by atoms with Crippen LogP contribution in [0.3, 0.4) is 0 Å². The van der Waals surface area contributed by atoms with Crippen molar-refractivity contribution in [3.63, 3.8) is 0 Å². The highest BCUT2D eigenvalue weighted by Crippen LogP contribution is 2.36. The molecule has 9 heteroatoms. The van der Waals surface area contributed by atoms with E-state index in [9.17, 15) is 4.79 Å². The van der Waals surface area contributed by atoms with Crippen LogP contribution in [0.4, 0.5) is 5.88 Å². The van der Waals surface area contributed by atoms with Gasteiger partial charge in [-0.15, -0.1) is 0 Å². The van der Waals surface area contributed by atoms with Gasteiger partial charge in [0.25, 0.3) is 0 Å². The molecule has 0 saturated carbocycles. The minimum atomic E-state index is -0.511. The van der Waals surface area contributed by atoms with E-state index in [1.165, 1.54) is 4.90 Å². The predicted octanol–water partition coefficient (Wildman–Crippen LogP) is 7.14. The number of amides is 1. The number of hydrogen-bond acceptors (Lipinski definition) is 4. The standard InChI is InChI=1S/C26H19Cl3N4O2/c1-32-23(20-7-5-18(28)12-21(20)29)14-31-26(32)22(13-19-4-2-3-9-30-19)33(15-34)25-11-16-10-17(27)6-8-24(16)35-25/h2-12,14-15,22H,13H2,1H3. The Labute approximate surface area is 216 Å². The molecule has 0 aliphatic heterocycles. The normalized spacial score (nSPS) is 12.1. The average Bonchev–Trinajstić information content (AvgIpc) is 3.42. The van der Waals surface area contributed by atoms with Crippen molar-refractivity contribution in [2.24, 2.45) is 7.05 Å². The molecule has 0 radical (unpaired) electrons. The van der Waals surface area contributed by atoms with Crippen molar-refractivity contribution < 1.29 is 9.21 Å². The van der Waals surface area contributed by atoms with Crippen LogP contribution < -0.4 is 4.90 Å². The van der Waals surface area contributed by atoms with Crippen LogP contribution in [0.25, 0.3) is 22.2 Å². The van der Waals surface area contributed by atoms with Crippen molar-refractivity contribution in [2.75, 3.05) is 4.90 Å². The number of carbonyl (C=O) groups excluding carboxylic acids is 1. The molecule has 3 aromatic heterocycles. The Morgan fingerprint density at radius 2 is 1.83 bits per heavy atom. The van der Waals surface area contributed by atoms with Crippen molar-refractivity contribution in [1.82, 2.24) is 14.5 Å². The van der Waals surface area contributed by atoms with Crippen LogP contribution in [0.15, 0.2) is 77.5 Å². The Morgan fingerprint density at radius 1 is 1.03 bits per heavy atom. The number of furan rings is 1. The van der Waals surface area contributed by atoms with Crippen molar-refractivity contribution in [3.8, 4) is 11.3 Å². The van der Waals surface area contributed by atoms with Crippen molar-refractivity contribution >= 4 is 58.1 Å². The summed E-state index contributed by atoms with van der Waals surface area (Å²) in [4.78, 5) is 23.2. The molecule has 0 aliphatic carbocycles. The summed E-state index contributed by atoms with van der Waals surface area (Å²) >= 11 is 18.7. The topological polar surface area (TPSA) is 64.2 Å². The first kappa shape index (κ1) is 23.4. The maximum Gasteiger partial charge on any atom is 0.217 e. The lowest BCUT2D eigenvalue weighted by Gasteiger charge is -2.26. The van der Waals surface area contributed by atoms with E-state index in [-0.39, 0.29) is 0 Å². The Kier molecular flexibility index (Phi) is 6.52. The molecule has 2 aromatic carbocycles. The van der Waals surface area contributed by atoms with Crippen LogP contribution in [0, 0.1) is 0 Å². The third-order valence-corrected chi connectivity index (χ3v) is 6.61. The van der Waals surface area contributed by atoms with Gasteiger partial charge < -0.3 is 8.98 Å². The monoisotopic (exact) mass is 524 g/mol. The summed E-state index contributed by atoms with van der Waals surface area (Å²) in [6, 6.07) is 17.6. The molecule has 0 aliphatic rings. The zero-order chi connectivity index (χ0) is 24.5. The number of anilines is 1. The van der Waals surface area contributed by atoms with Crippen molar-refractivity contribution in [2.45, 2.75) is 12.5 Å². The number of pyridine rings is 1. The minimum absolute atomic E-state index is 0.382. The van der Waals surface area contributed by atoms with E-state index in [4.69, 9.17) is 44.2 Å². The van der Waals surface area contributed by atoms with Crippen LogP contribution >= 0.6 is 34.8 Å². The molecule has 5 aromatic rings. The first-order valence-electron chi connectivity index (χ1n) is 10.7. The molecular formula is C26H19Cl3N4O2. The van der Waals surface area contributed by atoms with E-state index in [0.29, 0.717) is 38.8 Å². The van der Waals surface area contributed by atoms with Crippen LogP contribution in [0.5, 0.6) is 0 Å². The molecule has 0 spiro atoms. The second kappa shape index (κ2) is 9.74. The number of carbonyl (C=O) groups is 1. The Hall–Kier alpha value is -3.32. The van der Waals surface area contributed by atoms with Crippen LogP contribution in [-0.2, 0) is 18.3 Å². The fraction of sp³-hybridized carbons (Fsp3) is 0.115. The zero-order valence-electron chi connectivity index (χ0n) is 18.5. The molecule has 1 unspecified atom stereocenters. The number of rotatable bonds is 7. The maximum atomic E-state index is 12.5. The summed E-state index contributed by atoms with van der Waals surface area (Å²) in [7, 11) is 1.88. The van der Waals surface area contributed by atoms with Crippen molar-refractivity contribution in [1.29, 1.82) is 0 Å². The van der Waals surface area contributed by atoms with Gasteiger partial charge in [-0.25, -0.2) is 4.98 Å². The van der Waals surface area contributed by atoms with E-state index in [2.05, 4.69) is 4.98 Å². The average molecular weight is 526 g/mol. The van der Waals surface area contributed by atoms with Gasteiger partial charge in [-0.1, -0.05) is 40.9 Å². The second-order valence-electron chi connectivity index (χ2n) is 8.01. The van der Waals surface area contributed by atoms with Crippen LogP contribution in [0.1, 0.15) is 17.6 Å². The molecule has 3 heterocycles. The number of aromatic nitrogens is 3. The first-order valence-corrected chi connectivity index (χ1v) is 11.9. The maximum absolute atomic E-state index is 12.5. The molecule has 5 rings (SSSR count). The van der Waals surface area contributed by atoms with Gasteiger partial charge in [0.15, 0.2) is 0 Å². The number of nitrogens with zero attached hydrogens (tertiary/aromatic N) is 4. The van der Waals surface area contributed by atoms with Gasteiger partial charge in [0.05, 0.1) is 16.9 Å². The molecule has 1 atom stereocenters. The van der Waals surface area contributed by atoms with Gasteiger partial charge in [0.1, 0.15) is 17.4 Å².